The Morgan fingerprint density at radius 2 is 1.40 bits per heavy atom. The first kappa shape index (κ1) is 37.0. The molecular weight excluding hydrogens is 628 g/mol. The van der Waals surface area contributed by atoms with Crippen molar-refractivity contribution in [1.29, 1.82) is 0 Å². The maximum absolute atomic E-state index is 14.1. The van der Waals surface area contributed by atoms with E-state index in [2.05, 4.69) is 39.8 Å². The van der Waals surface area contributed by atoms with Crippen LogP contribution in [0.2, 0.25) is 0 Å². The van der Waals surface area contributed by atoms with Crippen molar-refractivity contribution in [3.63, 3.8) is 0 Å². The van der Waals surface area contributed by atoms with Crippen LogP contribution in [0, 0.1) is 6.92 Å². The highest BCUT2D eigenvalue weighted by Gasteiger charge is 2.36. The van der Waals surface area contributed by atoms with Crippen LogP contribution in [-0.4, -0.2) is 147 Å². The summed E-state index contributed by atoms with van der Waals surface area (Å²) in [4.78, 5) is 22.1. The Hall–Kier alpha value is -3.86. The Labute approximate surface area is 289 Å². The van der Waals surface area contributed by atoms with Gasteiger partial charge in [-0.3, -0.25) is 4.72 Å². The summed E-state index contributed by atoms with van der Waals surface area (Å²) in [6.07, 6.45) is 3.49. The molecule has 0 bridgehead atoms. The molecule has 0 unspecified atom stereocenters. The van der Waals surface area contributed by atoms with E-state index in [-0.39, 0.29) is 35.0 Å². The topological polar surface area (TPSA) is 178 Å². The Balaban J connectivity index is 1.96. The number of anilines is 1. The molecule has 0 amide bonds. The Morgan fingerprint density at radius 3 is 1.92 bits per heavy atom. The van der Waals surface area contributed by atoms with Gasteiger partial charge in [0.2, 0.25) is 33.6 Å². The van der Waals surface area contributed by atoms with Gasteiger partial charge in [0.1, 0.15) is 94.0 Å². The number of aromatic nitrogens is 8. The Kier molecular flexibility index (Phi) is 10.7. The lowest BCUT2D eigenvalue weighted by Gasteiger charge is -2.27. The van der Waals surface area contributed by atoms with Gasteiger partial charge in [-0.15, -0.1) is 10.2 Å². The van der Waals surface area contributed by atoms with Gasteiger partial charge in [0, 0.05) is 41.5 Å². The second-order valence-corrected chi connectivity index (χ2v) is 16.2. The normalized spacial score (nSPS) is 13.7. The molecule has 15 nitrogen and oxygen atoms in total. The van der Waals surface area contributed by atoms with Crippen LogP contribution in [0.15, 0.2) is 36.9 Å². The van der Waals surface area contributed by atoms with Crippen LogP contribution in [0.5, 0.6) is 17.6 Å². The molecule has 2 atom stereocenters. The summed E-state index contributed by atoms with van der Waals surface area (Å²) in [5.74, 6) is 0.659. The van der Waals surface area contributed by atoms with Gasteiger partial charge >= 0.3 is 0 Å². The molecule has 4 heterocycles. The Morgan fingerprint density at radius 1 is 0.833 bits per heavy atom. The number of rotatable bonds is 14. The minimum absolute atomic E-state index is 0.0937. The largest absolute Gasteiger partial charge is 0.499 e. The molecule has 0 radical (unpaired) electrons. The van der Waals surface area contributed by atoms with Crippen molar-refractivity contribution in [3.05, 3.63) is 48.3 Å². The van der Waals surface area contributed by atoms with Gasteiger partial charge in [0.15, 0.2) is 17.3 Å². The van der Waals surface area contributed by atoms with Gasteiger partial charge in [-0.2, -0.15) is 9.97 Å². The van der Waals surface area contributed by atoms with E-state index >= 15 is 0 Å². The minimum atomic E-state index is -4.26. The van der Waals surface area contributed by atoms with E-state index in [4.69, 9.17) is 18.9 Å². The third kappa shape index (κ3) is 9.39. The molecule has 0 fully saturated rings. The van der Waals surface area contributed by atoms with Gasteiger partial charge in [-0.1, -0.05) is 6.07 Å². The summed E-state index contributed by atoms with van der Waals surface area (Å²) in [6, 6.07) is 5.16. The predicted octanol–water partition coefficient (Wildman–Crippen LogP) is -7.60. The molecule has 25 heteroatoms. The van der Waals surface area contributed by atoms with E-state index < -0.39 is 37.3 Å². The Bertz CT molecular complexity index is 1820. The van der Waals surface area contributed by atoms with E-state index in [1.54, 1.807) is 30.6 Å². The molecule has 242 valence electrons. The summed E-state index contributed by atoms with van der Waals surface area (Å²) in [5.41, 5.74) is 1.29. The van der Waals surface area contributed by atoms with Crippen molar-refractivity contribution in [2.75, 3.05) is 11.8 Å². The van der Waals surface area contributed by atoms with Gasteiger partial charge in [-0.05, 0) is 25.5 Å². The van der Waals surface area contributed by atoms with Crippen molar-refractivity contribution in [2.45, 2.75) is 41.1 Å². The van der Waals surface area contributed by atoms with E-state index in [1.807, 2.05) is 77.5 Å². The van der Waals surface area contributed by atoms with Crippen molar-refractivity contribution in [3.8, 4) is 34.8 Å². The standard InChI is InChI=1S/C23H36B9N9O6S/c1-10-7-33-16(34-8-10)15(44-3)11(2)48(42,43)40-20-39-38-17(12-5-4-6-13(37-12)45-21(24,25)26)41(20)14-18(46-22(27,28)29)35-9-36-19(14)47-23(30,31)32/h4-9,11,15H,24-32H2,1-3H3,(H,39,40)/t11-,15-/m0/s1. The van der Waals surface area contributed by atoms with E-state index in [1.165, 1.54) is 24.9 Å². The lowest BCUT2D eigenvalue weighted by atomic mass is 9.52. The molecule has 4 rings (SSSR count). The number of nitrogens with one attached hydrogen (secondary N) is 1. The monoisotopic (exact) mass is 665 g/mol. The molecule has 0 aliphatic heterocycles. The molecule has 0 saturated carbocycles. The molecular formula is C23H36B9N9O6S. The smallest absolute Gasteiger partial charge is 0.244 e. The summed E-state index contributed by atoms with van der Waals surface area (Å²) in [7, 11) is 14.0. The van der Waals surface area contributed by atoms with Crippen LogP contribution >= 0.6 is 0 Å². The highest BCUT2D eigenvalue weighted by Crippen LogP contribution is 2.37. The maximum atomic E-state index is 14.1. The van der Waals surface area contributed by atoms with Crippen LogP contribution in [0.4, 0.5) is 5.95 Å². The fraction of sp³-hybridized carbons (Fsp3) is 0.348. The van der Waals surface area contributed by atoms with Gasteiger partial charge in [0.05, 0.1) is 0 Å². The fourth-order valence-corrected chi connectivity index (χ4v) is 5.48. The predicted molar refractivity (Wildman–Crippen MR) is 206 cm³/mol. The molecule has 1 N–H and O–H groups in total. The number of methoxy groups -OCH3 is 1. The first-order valence-corrected chi connectivity index (χ1v) is 16.9. The minimum Gasteiger partial charge on any atom is -0.499 e. The van der Waals surface area contributed by atoms with Crippen molar-refractivity contribution in [2.24, 2.45) is 0 Å². The van der Waals surface area contributed by atoms with E-state index in [0.717, 1.165) is 5.56 Å². The third-order valence-corrected chi connectivity index (χ3v) is 7.96. The average Bonchev–Trinajstić information content (AvgIpc) is 3.34. The average molecular weight is 664 g/mol. The van der Waals surface area contributed by atoms with Crippen LogP contribution in [0.1, 0.15) is 24.4 Å². The third-order valence-electron chi connectivity index (χ3n) is 6.27. The van der Waals surface area contributed by atoms with Gasteiger partial charge in [-0.25, -0.2) is 27.9 Å². The highest BCUT2D eigenvalue weighted by atomic mass is 32.2. The second kappa shape index (κ2) is 13.9. The molecule has 0 aliphatic rings. The van der Waals surface area contributed by atoms with Gasteiger partial charge in [0.25, 0.3) is 0 Å². The van der Waals surface area contributed by atoms with E-state index in [9.17, 15) is 8.42 Å². The summed E-state index contributed by atoms with van der Waals surface area (Å²) in [5, 5.41) is 5.53. The zero-order valence-corrected chi connectivity index (χ0v) is 30.4. The number of hydrogen-bond acceptors (Lipinski definition) is 13. The molecule has 0 saturated heterocycles. The number of nitrogens with zero attached hydrogens (tertiary/aromatic N) is 8. The number of pyridine rings is 1. The number of aryl methyl sites for hydroxylation is 1. The number of ether oxygens (including phenoxy) is 4. The SMILES string of the molecule is BC(B)(B)Oc1cccc(-c2nnc(NS(=O)(=O)[C@@H](C)[C@H](OC)c3ncc(C)cn3)n2-c2c(OC(B)(B)B)ncnc2OC(B)(B)B)n1. The van der Waals surface area contributed by atoms with E-state index in [0.29, 0.717) is 11.6 Å². The lowest BCUT2D eigenvalue weighted by Crippen LogP contribution is -2.39. The van der Waals surface area contributed by atoms with Crippen LogP contribution in [0.25, 0.3) is 17.2 Å². The zero-order chi connectivity index (χ0) is 35.7. The van der Waals surface area contributed by atoms with Crippen molar-refractivity contribution >= 4 is 86.6 Å². The quantitative estimate of drug-likeness (QED) is 0.126. The first-order chi connectivity index (χ1) is 22.2. The second-order valence-electron chi connectivity index (χ2n) is 14.1. The van der Waals surface area contributed by atoms with Crippen molar-refractivity contribution in [1.82, 2.24) is 39.7 Å². The summed E-state index contributed by atoms with van der Waals surface area (Å²) < 4.78 is 56.3. The highest BCUT2D eigenvalue weighted by molar-refractivity contribution is 7.93. The molecule has 4 aromatic rings. The van der Waals surface area contributed by atoms with Crippen LogP contribution in [0.3, 0.4) is 0 Å². The maximum Gasteiger partial charge on any atom is 0.244 e. The summed E-state index contributed by atoms with van der Waals surface area (Å²) >= 11 is 0. The molecule has 48 heavy (non-hydrogen) atoms. The molecule has 4 aromatic heterocycles. The fourth-order valence-electron chi connectivity index (χ4n) is 4.35. The lowest BCUT2D eigenvalue weighted by molar-refractivity contribution is 0.0949. The molecule has 0 spiro atoms. The van der Waals surface area contributed by atoms with Crippen LogP contribution < -0.4 is 18.9 Å². The van der Waals surface area contributed by atoms with Gasteiger partial charge < -0.3 is 18.9 Å². The molecule has 0 aromatic carbocycles. The number of sulfonamides is 1. The molecule has 0 aliphatic carbocycles. The van der Waals surface area contributed by atoms with Crippen molar-refractivity contribution < 1.29 is 27.4 Å². The number of hydrogen-bond donors (Lipinski definition) is 1. The summed E-state index contributed by atoms with van der Waals surface area (Å²) in [6.45, 7) is 3.32. The first-order valence-electron chi connectivity index (χ1n) is 15.4. The van der Waals surface area contributed by atoms with Crippen LogP contribution in [-0.2, 0) is 14.8 Å². The zero-order valence-electron chi connectivity index (χ0n) is 29.6.